The van der Waals surface area contributed by atoms with Crippen molar-refractivity contribution in [3.05, 3.63) is 48.6 Å². The molecular weight excluding hydrogens is 512 g/mol. The second-order valence-electron chi connectivity index (χ2n) is 11.1. The molecule has 0 atom stereocenters. The Bertz CT molecular complexity index is 1050. The zero-order chi connectivity index (χ0) is 31.1. The average Bonchev–Trinajstić information content (AvgIpc) is 2.92. The van der Waals surface area contributed by atoms with Gasteiger partial charge in [-0.15, -0.1) is 0 Å². The molecule has 0 aliphatic heterocycles. The van der Waals surface area contributed by atoms with E-state index in [-0.39, 0.29) is 25.7 Å². The molecule has 0 bridgehead atoms. The molecule has 0 aromatic carbocycles. The van der Waals surface area contributed by atoms with Gasteiger partial charge in [-0.1, -0.05) is 27.7 Å². The van der Waals surface area contributed by atoms with Crippen LogP contribution in [0.4, 0.5) is 0 Å². The molecule has 0 fully saturated rings. The zero-order valence-electron chi connectivity index (χ0n) is 24.7. The first kappa shape index (κ1) is 34.3. The maximum atomic E-state index is 13.2. The lowest BCUT2D eigenvalue weighted by Gasteiger charge is -2.27. The van der Waals surface area contributed by atoms with Crippen molar-refractivity contribution in [3.8, 4) is 0 Å². The molecule has 0 radical (unpaired) electrons. The monoisotopic (exact) mass is 552 g/mol. The van der Waals surface area contributed by atoms with E-state index in [1.54, 1.807) is 27.7 Å². The first-order valence-corrected chi connectivity index (χ1v) is 13.5. The number of hydrogen-bond donors (Lipinski definition) is 0. The topological polar surface area (TPSA) is 137 Å². The third-order valence-corrected chi connectivity index (χ3v) is 8.31. The van der Waals surface area contributed by atoms with Gasteiger partial charge in [0.15, 0.2) is 46.3 Å². The summed E-state index contributed by atoms with van der Waals surface area (Å²) in [6.45, 7) is 11.9. The van der Waals surface area contributed by atoms with E-state index in [1.165, 1.54) is 27.7 Å². The van der Waals surface area contributed by atoms with Gasteiger partial charge >= 0.3 is 0 Å². The highest BCUT2D eigenvalue weighted by molar-refractivity contribution is 6.23. The van der Waals surface area contributed by atoms with Crippen LogP contribution in [0.2, 0.25) is 0 Å². The lowest BCUT2D eigenvalue weighted by Crippen LogP contribution is -2.38. The third-order valence-electron chi connectivity index (χ3n) is 8.31. The lowest BCUT2D eigenvalue weighted by atomic mass is 9.72. The molecule has 1 rings (SSSR count). The fourth-order valence-electron chi connectivity index (χ4n) is 4.46. The summed E-state index contributed by atoms with van der Waals surface area (Å²) in [6.07, 6.45) is 7.91. The molecule has 0 aromatic rings. The smallest absolute Gasteiger partial charge is 0.169 e. The summed E-state index contributed by atoms with van der Waals surface area (Å²) in [7, 11) is 0. The number of carbonyl (C=O) groups excluding carboxylic acids is 8. The van der Waals surface area contributed by atoms with Crippen LogP contribution in [0.3, 0.4) is 0 Å². The van der Waals surface area contributed by atoms with Crippen molar-refractivity contribution in [2.45, 2.75) is 81.1 Å². The van der Waals surface area contributed by atoms with Gasteiger partial charge < -0.3 is 0 Å². The van der Waals surface area contributed by atoms with E-state index >= 15 is 0 Å². The standard InChI is InChI=1S/C32H40O8/c1-9-31(10-2)25(37)17-13-21(33)29(5,6)23(35)15-19-27(39)32(11-3,12-4)28(40)20-16-24(36)30(7,8)22(34)14-18-26(31)38/h13-20H,9-12H2,1-8H3. The van der Waals surface area contributed by atoms with E-state index in [0.717, 1.165) is 48.6 Å². The Morgan fingerprint density at radius 3 is 0.650 bits per heavy atom. The van der Waals surface area contributed by atoms with Gasteiger partial charge in [-0.25, -0.2) is 0 Å². The molecule has 40 heavy (non-hydrogen) atoms. The van der Waals surface area contributed by atoms with Crippen LogP contribution >= 0.6 is 0 Å². The first-order valence-electron chi connectivity index (χ1n) is 13.5. The highest BCUT2D eigenvalue weighted by Gasteiger charge is 2.42. The molecule has 8 nitrogen and oxygen atoms in total. The highest BCUT2D eigenvalue weighted by Crippen LogP contribution is 2.33. The minimum atomic E-state index is -1.64. The summed E-state index contributed by atoms with van der Waals surface area (Å²) >= 11 is 0. The predicted octanol–water partition coefficient (Wildman–Crippen LogP) is 4.44. The van der Waals surface area contributed by atoms with Crippen molar-refractivity contribution < 1.29 is 38.4 Å². The van der Waals surface area contributed by atoms with Crippen LogP contribution in [0.5, 0.6) is 0 Å². The van der Waals surface area contributed by atoms with Crippen LogP contribution in [0.25, 0.3) is 0 Å². The van der Waals surface area contributed by atoms with Crippen molar-refractivity contribution in [1.82, 2.24) is 0 Å². The molecule has 0 spiro atoms. The molecule has 0 saturated carbocycles. The van der Waals surface area contributed by atoms with Crippen LogP contribution in [0.1, 0.15) is 81.1 Å². The summed E-state index contributed by atoms with van der Waals surface area (Å²) in [5, 5.41) is 0. The fourth-order valence-corrected chi connectivity index (χ4v) is 4.46. The van der Waals surface area contributed by atoms with Crippen molar-refractivity contribution in [2.75, 3.05) is 0 Å². The Hall–Kier alpha value is -3.68. The Morgan fingerprint density at radius 2 is 0.500 bits per heavy atom. The second kappa shape index (κ2) is 13.1. The van der Waals surface area contributed by atoms with Gasteiger partial charge in [0.2, 0.25) is 0 Å². The van der Waals surface area contributed by atoms with Crippen LogP contribution in [0, 0.1) is 21.7 Å². The third kappa shape index (κ3) is 6.54. The van der Waals surface area contributed by atoms with E-state index in [4.69, 9.17) is 0 Å². The van der Waals surface area contributed by atoms with Gasteiger partial charge in [-0.05, 0) is 102 Å². The molecule has 0 saturated heterocycles. The SMILES string of the molecule is CCC1(CC)C(=O)C=CC(=O)C(C)(C)C(=O)C=CC(=O)C(CC)(CC)C(=O)C=CC(=O)C(C)(C)C(=O)C=CC1=O. The van der Waals surface area contributed by atoms with Crippen molar-refractivity contribution in [1.29, 1.82) is 0 Å². The molecule has 0 amide bonds. The summed E-state index contributed by atoms with van der Waals surface area (Å²) < 4.78 is 0. The number of ketones is 8. The molecular formula is C32H40O8. The molecule has 0 aromatic heterocycles. The van der Waals surface area contributed by atoms with Crippen molar-refractivity contribution >= 4 is 46.3 Å². The summed E-state index contributed by atoms with van der Waals surface area (Å²) in [4.78, 5) is 104. The van der Waals surface area contributed by atoms with Gasteiger partial charge in [0.25, 0.3) is 0 Å². The first-order chi connectivity index (χ1) is 18.4. The van der Waals surface area contributed by atoms with E-state index in [9.17, 15) is 38.4 Å². The normalized spacial score (nSPS) is 22.2. The molecule has 1 aliphatic rings. The van der Waals surface area contributed by atoms with Gasteiger partial charge in [-0.3, -0.25) is 38.4 Å². The maximum absolute atomic E-state index is 13.2. The minimum Gasteiger partial charge on any atom is -0.294 e. The van der Waals surface area contributed by atoms with Crippen LogP contribution in [-0.2, 0) is 38.4 Å². The second-order valence-corrected chi connectivity index (χ2v) is 11.1. The largest absolute Gasteiger partial charge is 0.294 e. The number of carbonyl (C=O) groups is 8. The molecule has 0 heterocycles. The van der Waals surface area contributed by atoms with Crippen molar-refractivity contribution in [2.24, 2.45) is 21.7 Å². The summed E-state index contributed by atoms with van der Waals surface area (Å²) in [6, 6.07) is 0. The van der Waals surface area contributed by atoms with Crippen molar-refractivity contribution in [3.63, 3.8) is 0 Å². The molecule has 0 N–H and O–H groups in total. The lowest BCUT2D eigenvalue weighted by molar-refractivity contribution is -0.137. The minimum absolute atomic E-state index is 0.0786. The van der Waals surface area contributed by atoms with E-state index in [0.29, 0.717) is 0 Å². The van der Waals surface area contributed by atoms with E-state index < -0.39 is 67.9 Å². The Labute approximate surface area is 236 Å². The average molecular weight is 553 g/mol. The van der Waals surface area contributed by atoms with Gasteiger partial charge in [0.1, 0.15) is 0 Å². The van der Waals surface area contributed by atoms with Crippen LogP contribution in [0.15, 0.2) is 48.6 Å². The van der Waals surface area contributed by atoms with E-state index in [1.807, 2.05) is 0 Å². The zero-order valence-corrected chi connectivity index (χ0v) is 24.7. The van der Waals surface area contributed by atoms with Gasteiger partial charge in [0.05, 0.1) is 21.7 Å². The van der Waals surface area contributed by atoms with E-state index in [2.05, 4.69) is 0 Å². The number of rotatable bonds is 4. The number of allylic oxidation sites excluding steroid dienone is 8. The molecule has 8 heteroatoms. The fraction of sp³-hybridized carbons (Fsp3) is 0.500. The Balaban J connectivity index is 3.81. The van der Waals surface area contributed by atoms with Gasteiger partial charge in [0, 0.05) is 0 Å². The predicted molar refractivity (Wildman–Crippen MR) is 150 cm³/mol. The highest BCUT2D eigenvalue weighted by atomic mass is 16.2. The Morgan fingerprint density at radius 1 is 0.350 bits per heavy atom. The number of hydrogen-bond acceptors (Lipinski definition) is 8. The quantitative estimate of drug-likeness (QED) is 0.467. The summed E-state index contributed by atoms with van der Waals surface area (Å²) in [5.41, 5.74) is -6.40. The molecule has 1 aliphatic carbocycles. The van der Waals surface area contributed by atoms with Gasteiger partial charge in [-0.2, -0.15) is 0 Å². The van der Waals surface area contributed by atoms with Crippen LogP contribution < -0.4 is 0 Å². The molecule has 0 unspecified atom stereocenters. The maximum Gasteiger partial charge on any atom is 0.169 e. The summed E-state index contributed by atoms with van der Waals surface area (Å²) in [5.74, 6) is -5.51. The van der Waals surface area contributed by atoms with Crippen LogP contribution in [-0.4, -0.2) is 46.3 Å². The Kier molecular flexibility index (Phi) is 11.3. The molecule has 216 valence electrons.